The molecule has 5 rings (SSSR count). The summed E-state index contributed by atoms with van der Waals surface area (Å²) in [5, 5.41) is 2.77. The van der Waals surface area contributed by atoms with Gasteiger partial charge in [-0.05, 0) is 72.6 Å². The van der Waals surface area contributed by atoms with Crippen LogP contribution in [0.15, 0.2) is 36.5 Å². The predicted octanol–water partition coefficient (Wildman–Crippen LogP) is 3.81. The number of aryl methyl sites for hydroxylation is 1. The maximum Gasteiger partial charge on any atom is 0.246 e. The van der Waals surface area contributed by atoms with Gasteiger partial charge in [0.05, 0.1) is 4.88 Å². The third-order valence-electron chi connectivity index (χ3n) is 6.26. The predicted molar refractivity (Wildman–Crippen MR) is 121 cm³/mol. The highest BCUT2D eigenvalue weighted by Gasteiger charge is 2.38. The fourth-order valence-electron chi connectivity index (χ4n) is 4.61. The SMILES string of the molecule is CC(=O)c1ccc(C2=CC3CN(C(=O)C=Cc4cnc5c(c4)CCC(=O)N5)CC3C2)s1. The summed E-state index contributed by atoms with van der Waals surface area (Å²) in [5.41, 5.74) is 3.18. The maximum absolute atomic E-state index is 12.7. The van der Waals surface area contributed by atoms with Crippen molar-refractivity contribution in [3.63, 3.8) is 0 Å². The molecule has 0 bridgehead atoms. The number of likely N-dealkylation sites (tertiary alicyclic amines) is 1. The van der Waals surface area contributed by atoms with Crippen LogP contribution >= 0.6 is 11.3 Å². The second kappa shape index (κ2) is 7.89. The van der Waals surface area contributed by atoms with Gasteiger partial charge < -0.3 is 10.2 Å². The second-order valence-corrected chi connectivity index (χ2v) is 9.52. The molecule has 0 aromatic carbocycles. The Morgan fingerprint density at radius 2 is 2.13 bits per heavy atom. The molecule has 1 saturated heterocycles. The molecule has 2 atom stereocenters. The van der Waals surface area contributed by atoms with Gasteiger partial charge in [0.15, 0.2) is 5.78 Å². The molecule has 0 saturated carbocycles. The van der Waals surface area contributed by atoms with Crippen LogP contribution in [0.2, 0.25) is 0 Å². The zero-order chi connectivity index (χ0) is 21.5. The van der Waals surface area contributed by atoms with E-state index in [0.717, 1.165) is 35.5 Å². The number of anilines is 1. The number of fused-ring (bicyclic) bond motifs is 2. The van der Waals surface area contributed by atoms with Gasteiger partial charge in [-0.3, -0.25) is 14.4 Å². The van der Waals surface area contributed by atoms with E-state index in [4.69, 9.17) is 0 Å². The average Bonchev–Trinajstić information content (AvgIpc) is 3.46. The highest BCUT2D eigenvalue weighted by molar-refractivity contribution is 7.15. The lowest BCUT2D eigenvalue weighted by Gasteiger charge is -2.16. The average molecular weight is 434 g/mol. The smallest absolute Gasteiger partial charge is 0.246 e. The lowest BCUT2D eigenvalue weighted by molar-refractivity contribution is -0.125. The van der Waals surface area contributed by atoms with Crippen LogP contribution in [0, 0.1) is 11.8 Å². The standard InChI is InChI=1S/C24H23N3O3S/c1-14(28)20-4-5-21(31-20)17-9-18-12-27(13-19(18)10-17)23(30)7-2-15-8-16-3-6-22(29)26-24(16)25-11-15/h2,4-5,7-9,11,18-19H,3,6,10,12-13H2,1H3,(H,25,26,29). The summed E-state index contributed by atoms with van der Waals surface area (Å²) in [5.74, 6) is 1.57. The van der Waals surface area contributed by atoms with Gasteiger partial charge in [-0.15, -0.1) is 11.3 Å². The van der Waals surface area contributed by atoms with E-state index in [9.17, 15) is 14.4 Å². The van der Waals surface area contributed by atoms with Crippen LogP contribution in [0.25, 0.3) is 11.6 Å². The summed E-state index contributed by atoms with van der Waals surface area (Å²) in [7, 11) is 0. The second-order valence-electron chi connectivity index (χ2n) is 8.44. The topological polar surface area (TPSA) is 79.4 Å². The summed E-state index contributed by atoms with van der Waals surface area (Å²) < 4.78 is 0. The number of carbonyl (C=O) groups excluding carboxylic acids is 3. The molecular formula is C24H23N3O3S. The number of nitrogens with zero attached hydrogens (tertiary/aromatic N) is 2. The van der Waals surface area contributed by atoms with Crippen LogP contribution in [-0.4, -0.2) is 40.6 Å². The molecule has 2 aliphatic heterocycles. The van der Waals surface area contributed by atoms with Gasteiger partial charge in [0, 0.05) is 36.7 Å². The van der Waals surface area contributed by atoms with E-state index in [-0.39, 0.29) is 17.6 Å². The number of hydrogen-bond donors (Lipinski definition) is 1. The number of rotatable bonds is 4. The molecule has 6 nitrogen and oxygen atoms in total. The Bertz CT molecular complexity index is 1150. The molecule has 4 heterocycles. The van der Waals surface area contributed by atoms with E-state index in [0.29, 0.717) is 30.5 Å². The minimum atomic E-state index is -0.00590. The van der Waals surface area contributed by atoms with Crippen molar-refractivity contribution in [2.24, 2.45) is 11.8 Å². The van der Waals surface area contributed by atoms with Gasteiger partial charge in [-0.25, -0.2) is 4.98 Å². The first-order chi connectivity index (χ1) is 15.0. The zero-order valence-corrected chi connectivity index (χ0v) is 18.1. The molecule has 1 fully saturated rings. The first kappa shape index (κ1) is 19.9. The molecule has 1 N–H and O–H groups in total. The third kappa shape index (κ3) is 3.97. The van der Waals surface area contributed by atoms with Crippen LogP contribution in [0.3, 0.4) is 0 Å². The van der Waals surface area contributed by atoms with Crippen molar-refractivity contribution in [1.29, 1.82) is 0 Å². The quantitative estimate of drug-likeness (QED) is 0.588. The summed E-state index contributed by atoms with van der Waals surface area (Å²) in [4.78, 5) is 43.9. The highest BCUT2D eigenvalue weighted by atomic mass is 32.1. The Morgan fingerprint density at radius 1 is 1.26 bits per heavy atom. The molecule has 2 unspecified atom stereocenters. The number of carbonyl (C=O) groups is 3. The highest BCUT2D eigenvalue weighted by Crippen LogP contribution is 2.42. The van der Waals surface area contributed by atoms with Crippen LogP contribution in [-0.2, 0) is 16.0 Å². The molecule has 2 aromatic rings. The summed E-state index contributed by atoms with van der Waals surface area (Å²) >= 11 is 1.56. The monoisotopic (exact) mass is 433 g/mol. The number of aromatic nitrogens is 1. The van der Waals surface area contributed by atoms with Crippen molar-refractivity contribution >= 4 is 46.4 Å². The van der Waals surface area contributed by atoms with E-state index in [1.165, 1.54) is 10.5 Å². The van der Waals surface area contributed by atoms with Crippen molar-refractivity contribution in [3.8, 4) is 0 Å². The number of allylic oxidation sites excluding steroid dienone is 1. The van der Waals surface area contributed by atoms with Crippen molar-refractivity contribution in [2.45, 2.75) is 26.2 Å². The molecule has 3 aliphatic rings. The number of ketones is 1. The zero-order valence-electron chi connectivity index (χ0n) is 17.3. The molecule has 1 aliphatic carbocycles. The number of pyridine rings is 1. The van der Waals surface area contributed by atoms with Crippen molar-refractivity contribution in [3.05, 3.63) is 57.4 Å². The fourth-order valence-corrected chi connectivity index (χ4v) is 5.55. The molecular weight excluding hydrogens is 410 g/mol. The van der Waals surface area contributed by atoms with E-state index in [1.807, 2.05) is 23.1 Å². The summed E-state index contributed by atoms with van der Waals surface area (Å²) in [6.07, 6.45) is 9.49. The Morgan fingerprint density at radius 3 is 2.90 bits per heavy atom. The molecule has 2 aromatic heterocycles. The number of thiophene rings is 1. The van der Waals surface area contributed by atoms with Gasteiger partial charge >= 0.3 is 0 Å². The van der Waals surface area contributed by atoms with Gasteiger partial charge in [0.25, 0.3) is 0 Å². The molecule has 0 radical (unpaired) electrons. The third-order valence-corrected chi connectivity index (χ3v) is 7.52. The Labute approximate surface area is 184 Å². The van der Waals surface area contributed by atoms with Gasteiger partial charge in [-0.2, -0.15) is 0 Å². The number of nitrogens with one attached hydrogen (secondary N) is 1. The van der Waals surface area contributed by atoms with E-state index < -0.39 is 0 Å². The summed E-state index contributed by atoms with van der Waals surface area (Å²) in [6.45, 7) is 3.09. The lowest BCUT2D eigenvalue weighted by Crippen LogP contribution is -2.27. The van der Waals surface area contributed by atoms with Crippen LogP contribution in [0.5, 0.6) is 0 Å². The molecule has 0 spiro atoms. The Hall–Kier alpha value is -3.06. The maximum atomic E-state index is 12.7. The minimum Gasteiger partial charge on any atom is -0.338 e. The first-order valence-corrected chi connectivity index (χ1v) is 11.4. The van der Waals surface area contributed by atoms with E-state index in [2.05, 4.69) is 16.4 Å². The van der Waals surface area contributed by atoms with Gasteiger partial charge in [0.2, 0.25) is 11.8 Å². The number of amides is 2. The van der Waals surface area contributed by atoms with Crippen molar-refractivity contribution in [2.75, 3.05) is 18.4 Å². The van der Waals surface area contributed by atoms with Gasteiger partial charge in [0.1, 0.15) is 5.82 Å². The molecule has 7 heteroatoms. The van der Waals surface area contributed by atoms with Crippen LogP contribution in [0.1, 0.15) is 45.4 Å². The minimum absolute atomic E-state index is 0.00590. The number of Topliss-reactive ketones (excluding diaryl/α,β-unsaturated/α-hetero) is 1. The molecule has 31 heavy (non-hydrogen) atoms. The largest absolute Gasteiger partial charge is 0.338 e. The Balaban J connectivity index is 1.22. The summed E-state index contributed by atoms with van der Waals surface area (Å²) in [6, 6.07) is 5.93. The van der Waals surface area contributed by atoms with E-state index in [1.54, 1.807) is 36.6 Å². The van der Waals surface area contributed by atoms with Crippen LogP contribution < -0.4 is 5.32 Å². The van der Waals surface area contributed by atoms with Crippen molar-refractivity contribution in [1.82, 2.24) is 9.88 Å². The lowest BCUT2D eigenvalue weighted by atomic mass is 10.00. The van der Waals surface area contributed by atoms with Crippen LogP contribution in [0.4, 0.5) is 5.82 Å². The number of hydrogen-bond acceptors (Lipinski definition) is 5. The van der Waals surface area contributed by atoms with Crippen molar-refractivity contribution < 1.29 is 14.4 Å². The van der Waals surface area contributed by atoms with Gasteiger partial charge in [-0.1, -0.05) is 6.08 Å². The fraction of sp³-hybridized carbons (Fsp3) is 0.333. The molecule has 158 valence electrons. The molecule has 2 amide bonds. The first-order valence-electron chi connectivity index (χ1n) is 10.5. The van der Waals surface area contributed by atoms with E-state index >= 15 is 0 Å². The normalized spacial score (nSPS) is 22.3. The Kier molecular flexibility index (Phi) is 5.06.